The Morgan fingerprint density at radius 3 is 2.38 bits per heavy atom. The van der Waals surface area contributed by atoms with Crippen LogP contribution < -0.4 is 4.74 Å². The van der Waals surface area contributed by atoms with Gasteiger partial charge in [-0.05, 0) is 28.8 Å². The molecule has 2 rings (SSSR count). The average molecular weight is 210 g/mol. The number of hydrogen-bond acceptors (Lipinski definition) is 1. The molecule has 0 saturated carbocycles. The predicted molar refractivity (Wildman–Crippen MR) is 68.5 cm³/mol. The minimum atomic E-state index is 0.880. The Morgan fingerprint density at radius 2 is 1.75 bits per heavy atom. The molecule has 0 aromatic heterocycles. The smallest absolute Gasteiger partial charge is 0.119 e. The van der Waals surface area contributed by atoms with Crippen molar-refractivity contribution in [3.63, 3.8) is 0 Å². The van der Waals surface area contributed by atoms with E-state index in [-0.39, 0.29) is 0 Å². The van der Waals surface area contributed by atoms with E-state index in [9.17, 15) is 0 Å². The topological polar surface area (TPSA) is 9.23 Å². The summed E-state index contributed by atoms with van der Waals surface area (Å²) in [4.78, 5) is 0. The lowest BCUT2D eigenvalue weighted by Gasteiger charge is -2.05. The van der Waals surface area contributed by atoms with Crippen LogP contribution in [0, 0.1) is 0 Å². The predicted octanol–water partition coefficient (Wildman–Crippen LogP) is 4.01. The Balaban J connectivity index is 2.38. The zero-order chi connectivity index (χ0) is 11.4. The summed E-state index contributed by atoms with van der Waals surface area (Å²) >= 11 is 0. The summed E-state index contributed by atoms with van der Waals surface area (Å²) in [5, 5.41) is 0. The fraction of sp³-hybridized carbons (Fsp3) is 0.0667. The normalized spacial score (nSPS) is 9.81. The molecule has 2 aromatic rings. The highest BCUT2D eigenvalue weighted by atomic mass is 16.5. The van der Waals surface area contributed by atoms with Crippen molar-refractivity contribution >= 4 is 6.08 Å². The van der Waals surface area contributed by atoms with E-state index in [0.29, 0.717) is 0 Å². The molecule has 1 nitrogen and oxygen atoms in total. The van der Waals surface area contributed by atoms with Gasteiger partial charge in [0, 0.05) is 0 Å². The van der Waals surface area contributed by atoms with Crippen LogP contribution in [0.5, 0.6) is 5.75 Å². The van der Waals surface area contributed by atoms with E-state index >= 15 is 0 Å². The molecule has 0 atom stereocenters. The number of hydrogen-bond donors (Lipinski definition) is 0. The second-order valence-corrected chi connectivity index (χ2v) is 3.56. The highest BCUT2D eigenvalue weighted by molar-refractivity contribution is 5.66. The third-order valence-corrected chi connectivity index (χ3v) is 2.55. The molecule has 0 heterocycles. The molecule has 0 aliphatic heterocycles. The quantitative estimate of drug-likeness (QED) is 0.743. The molecule has 2 aromatic carbocycles. The second-order valence-electron chi connectivity index (χ2n) is 3.56. The molecule has 0 aliphatic carbocycles. The van der Waals surface area contributed by atoms with Crippen molar-refractivity contribution in [3.05, 3.63) is 60.7 Å². The molecule has 80 valence electrons. The summed E-state index contributed by atoms with van der Waals surface area (Å²) in [5.41, 5.74) is 3.48. The lowest BCUT2D eigenvalue weighted by atomic mass is 10.0. The van der Waals surface area contributed by atoms with Gasteiger partial charge in [0.2, 0.25) is 0 Å². The van der Waals surface area contributed by atoms with Gasteiger partial charge in [-0.15, -0.1) is 0 Å². The molecule has 0 radical (unpaired) electrons. The molecular weight excluding hydrogens is 196 g/mol. The molecule has 0 unspecified atom stereocenters. The Labute approximate surface area is 96.0 Å². The Hall–Kier alpha value is -2.02. The molecule has 16 heavy (non-hydrogen) atoms. The van der Waals surface area contributed by atoms with Gasteiger partial charge in [0.1, 0.15) is 5.75 Å². The zero-order valence-corrected chi connectivity index (χ0v) is 9.31. The maximum atomic E-state index is 5.21. The first-order valence-electron chi connectivity index (χ1n) is 5.20. The third kappa shape index (κ3) is 2.14. The van der Waals surface area contributed by atoms with Crippen LogP contribution in [-0.2, 0) is 0 Å². The first-order chi connectivity index (χ1) is 7.83. The van der Waals surface area contributed by atoms with Gasteiger partial charge >= 0.3 is 0 Å². The lowest BCUT2D eigenvalue weighted by molar-refractivity contribution is 0.415. The number of methoxy groups -OCH3 is 1. The maximum Gasteiger partial charge on any atom is 0.119 e. The van der Waals surface area contributed by atoms with Crippen LogP contribution in [0.3, 0.4) is 0 Å². The zero-order valence-electron chi connectivity index (χ0n) is 9.31. The van der Waals surface area contributed by atoms with Crippen LogP contribution in [0.2, 0.25) is 0 Å². The molecule has 0 N–H and O–H groups in total. The van der Waals surface area contributed by atoms with E-state index in [2.05, 4.69) is 36.9 Å². The summed E-state index contributed by atoms with van der Waals surface area (Å²) < 4.78 is 5.21. The van der Waals surface area contributed by atoms with Crippen molar-refractivity contribution in [3.8, 4) is 16.9 Å². The average Bonchev–Trinajstić information content (AvgIpc) is 2.39. The number of rotatable bonds is 3. The maximum absolute atomic E-state index is 5.21. The van der Waals surface area contributed by atoms with Crippen molar-refractivity contribution < 1.29 is 4.74 Å². The van der Waals surface area contributed by atoms with Crippen LogP contribution in [0.15, 0.2) is 55.1 Å². The van der Waals surface area contributed by atoms with Gasteiger partial charge in [0.25, 0.3) is 0 Å². The minimum absolute atomic E-state index is 0.880. The van der Waals surface area contributed by atoms with Crippen molar-refractivity contribution in [2.24, 2.45) is 0 Å². The van der Waals surface area contributed by atoms with Crippen molar-refractivity contribution in [1.29, 1.82) is 0 Å². The summed E-state index contributed by atoms with van der Waals surface area (Å²) in [7, 11) is 1.68. The highest BCUT2D eigenvalue weighted by Gasteiger charge is 1.98. The van der Waals surface area contributed by atoms with Gasteiger partial charge in [-0.3, -0.25) is 0 Å². The second kappa shape index (κ2) is 4.67. The van der Waals surface area contributed by atoms with Crippen LogP contribution in [0.25, 0.3) is 17.2 Å². The summed E-state index contributed by atoms with van der Waals surface area (Å²) in [5.74, 6) is 0.880. The minimum Gasteiger partial charge on any atom is -0.497 e. The lowest BCUT2D eigenvalue weighted by Crippen LogP contribution is -1.83. The Bertz CT molecular complexity index is 483. The van der Waals surface area contributed by atoms with Gasteiger partial charge in [0.15, 0.2) is 0 Å². The largest absolute Gasteiger partial charge is 0.497 e. The molecular formula is C15H14O. The molecule has 0 bridgehead atoms. The number of ether oxygens (including phenoxy) is 1. The molecule has 0 amide bonds. The third-order valence-electron chi connectivity index (χ3n) is 2.55. The SMILES string of the molecule is C=Cc1ccc(-c2cccc(OC)c2)cc1. The van der Waals surface area contributed by atoms with Gasteiger partial charge in [-0.25, -0.2) is 0 Å². The fourth-order valence-electron chi connectivity index (χ4n) is 1.61. The van der Waals surface area contributed by atoms with E-state index in [1.54, 1.807) is 7.11 Å². The molecule has 0 fully saturated rings. The Morgan fingerprint density at radius 1 is 1.00 bits per heavy atom. The van der Waals surface area contributed by atoms with Gasteiger partial charge in [-0.2, -0.15) is 0 Å². The van der Waals surface area contributed by atoms with Crippen molar-refractivity contribution in [1.82, 2.24) is 0 Å². The highest BCUT2D eigenvalue weighted by Crippen LogP contribution is 2.24. The number of benzene rings is 2. The van der Waals surface area contributed by atoms with Crippen LogP contribution >= 0.6 is 0 Å². The summed E-state index contributed by atoms with van der Waals surface area (Å²) in [6.07, 6.45) is 1.84. The van der Waals surface area contributed by atoms with Gasteiger partial charge in [-0.1, -0.05) is 49.1 Å². The van der Waals surface area contributed by atoms with E-state index in [1.165, 1.54) is 5.56 Å². The van der Waals surface area contributed by atoms with E-state index in [4.69, 9.17) is 4.74 Å². The van der Waals surface area contributed by atoms with E-state index in [1.807, 2.05) is 24.3 Å². The van der Waals surface area contributed by atoms with Crippen LogP contribution in [-0.4, -0.2) is 7.11 Å². The summed E-state index contributed by atoms with van der Waals surface area (Å²) in [6, 6.07) is 16.3. The first-order valence-corrected chi connectivity index (χ1v) is 5.20. The van der Waals surface area contributed by atoms with E-state index < -0.39 is 0 Å². The van der Waals surface area contributed by atoms with Gasteiger partial charge < -0.3 is 4.74 Å². The van der Waals surface area contributed by atoms with E-state index in [0.717, 1.165) is 16.9 Å². The van der Waals surface area contributed by atoms with Crippen molar-refractivity contribution in [2.75, 3.05) is 7.11 Å². The standard InChI is InChI=1S/C15H14O/c1-3-12-7-9-13(10-8-12)14-5-4-6-15(11-14)16-2/h3-11H,1H2,2H3. The monoisotopic (exact) mass is 210 g/mol. The van der Waals surface area contributed by atoms with Crippen molar-refractivity contribution in [2.45, 2.75) is 0 Å². The first kappa shape index (κ1) is 10.5. The van der Waals surface area contributed by atoms with Crippen LogP contribution in [0.4, 0.5) is 0 Å². The van der Waals surface area contributed by atoms with Crippen LogP contribution in [0.1, 0.15) is 5.56 Å². The fourth-order valence-corrected chi connectivity index (χ4v) is 1.61. The molecule has 0 aliphatic rings. The molecule has 0 spiro atoms. The molecule has 0 saturated heterocycles. The Kier molecular flexibility index (Phi) is 3.06. The molecule has 1 heteroatoms. The summed E-state index contributed by atoms with van der Waals surface area (Å²) in [6.45, 7) is 3.74. The van der Waals surface area contributed by atoms with Gasteiger partial charge in [0.05, 0.1) is 7.11 Å².